The average Bonchev–Trinajstić information content (AvgIpc) is 2.85. The first kappa shape index (κ1) is 24.1. The summed E-state index contributed by atoms with van der Waals surface area (Å²) in [6.07, 6.45) is 3.65. The number of benzene rings is 2. The standard InChI is InChI=1S/C24H24Cl2N4O4/c1-4-20(31)28-16-7-8-34-12-17(16)30-24-27-11-14-9-13(5-6-15(14)29-24)21-22(25)18(32-2)10-19(33-3)23(21)26/h4-6,9-11,16-17H,1,7-8,12H2,2-3H3,(H,28,31)(H,27,29,30). The highest BCUT2D eigenvalue weighted by atomic mass is 35.5. The van der Waals surface area contributed by atoms with Gasteiger partial charge in [0.2, 0.25) is 11.9 Å². The fourth-order valence-electron chi connectivity index (χ4n) is 3.86. The number of rotatable bonds is 7. The van der Waals surface area contributed by atoms with Gasteiger partial charge in [0.25, 0.3) is 0 Å². The van der Waals surface area contributed by atoms with Gasteiger partial charge in [-0.05, 0) is 30.2 Å². The normalized spacial score (nSPS) is 17.8. The molecular weight excluding hydrogens is 479 g/mol. The molecular formula is C24H24Cl2N4O4. The minimum Gasteiger partial charge on any atom is -0.495 e. The van der Waals surface area contributed by atoms with Crippen LogP contribution in [-0.2, 0) is 9.53 Å². The van der Waals surface area contributed by atoms with Crippen molar-refractivity contribution in [2.75, 3.05) is 32.8 Å². The number of anilines is 1. The number of ether oxygens (including phenoxy) is 3. The van der Waals surface area contributed by atoms with Crippen LogP contribution in [0, 0.1) is 0 Å². The Morgan fingerprint density at radius 3 is 2.59 bits per heavy atom. The number of methoxy groups -OCH3 is 2. The molecule has 2 heterocycles. The van der Waals surface area contributed by atoms with Crippen LogP contribution in [0.3, 0.4) is 0 Å². The quantitative estimate of drug-likeness (QED) is 0.459. The number of aromatic nitrogens is 2. The molecule has 0 saturated carbocycles. The van der Waals surface area contributed by atoms with Crippen LogP contribution in [0.15, 0.2) is 43.1 Å². The second-order valence-electron chi connectivity index (χ2n) is 7.68. The Kier molecular flexibility index (Phi) is 7.41. The second kappa shape index (κ2) is 10.5. The molecule has 1 aliphatic heterocycles. The van der Waals surface area contributed by atoms with Gasteiger partial charge in [-0.3, -0.25) is 4.79 Å². The fourth-order valence-corrected chi connectivity index (χ4v) is 4.58. The van der Waals surface area contributed by atoms with E-state index in [1.54, 1.807) is 12.3 Å². The molecule has 0 bridgehead atoms. The van der Waals surface area contributed by atoms with Gasteiger partial charge in [-0.2, -0.15) is 0 Å². The summed E-state index contributed by atoms with van der Waals surface area (Å²) in [4.78, 5) is 20.8. The van der Waals surface area contributed by atoms with Crippen LogP contribution >= 0.6 is 23.2 Å². The van der Waals surface area contributed by atoms with Crippen molar-refractivity contribution in [2.24, 2.45) is 0 Å². The van der Waals surface area contributed by atoms with E-state index >= 15 is 0 Å². The summed E-state index contributed by atoms with van der Waals surface area (Å²) >= 11 is 13.1. The molecule has 178 valence electrons. The molecule has 3 aromatic rings. The number of halogens is 2. The number of nitrogens with zero attached hydrogens (tertiary/aromatic N) is 2. The van der Waals surface area contributed by atoms with Gasteiger partial charge in [-0.15, -0.1) is 0 Å². The number of fused-ring (bicyclic) bond motifs is 1. The number of hydrogen-bond acceptors (Lipinski definition) is 7. The van der Waals surface area contributed by atoms with Crippen LogP contribution in [0.25, 0.3) is 22.0 Å². The lowest BCUT2D eigenvalue weighted by atomic mass is 10.0. The van der Waals surface area contributed by atoms with E-state index in [2.05, 4.69) is 27.2 Å². The number of nitrogens with one attached hydrogen (secondary N) is 2. The Hall–Kier alpha value is -3.07. The summed E-state index contributed by atoms with van der Waals surface area (Å²) in [5, 5.41) is 7.78. The molecule has 2 N–H and O–H groups in total. The van der Waals surface area contributed by atoms with Gasteiger partial charge in [-0.1, -0.05) is 35.8 Å². The van der Waals surface area contributed by atoms with Gasteiger partial charge in [0, 0.05) is 29.8 Å². The third-order valence-electron chi connectivity index (χ3n) is 5.63. The first-order valence-corrected chi connectivity index (χ1v) is 11.3. The summed E-state index contributed by atoms with van der Waals surface area (Å²) in [6.45, 7) is 4.51. The van der Waals surface area contributed by atoms with Crippen molar-refractivity contribution >= 4 is 46.0 Å². The van der Waals surface area contributed by atoms with E-state index in [-0.39, 0.29) is 18.0 Å². The summed E-state index contributed by atoms with van der Waals surface area (Å²) < 4.78 is 16.3. The molecule has 2 unspecified atom stereocenters. The Morgan fingerprint density at radius 2 is 1.91 bits per heavy atom. The zero-order valence-corrected chi connectivity index (χ0v) is 20.2. The molecule has 1 aliphatic rings. The van der Waals surface area contributed by atoms with Crippen molar-refractivity contribution in [2.45, 2.75) is 18.5 Å². The average molecular weight is 503 g/mol. The highest BCUT2D eigenvalue weighted by Gasteiger charge is 2.27. The zero-order valence-electron chi connectivity index (χ0n) is 18.7. The predicted molar refractivity (Wildman–Crippen MR) is 133 cm³/mol. The van der Waals surface area contributed by atoms with Gasteiger partial charge in [-0.25, -0.2) is 9.97 Å². The van der Waals surface area contributed by atoms with E-state index in [9.17, 15) is 4.79 Å². The maximum absolute atomic E-state index is 11.8. The molecule has 8 nitrogen and oxygen atoms in total. The van der Waals surface area contributed by atoms with Crippen molar-refractivity contribution in [1.82, 2.24) is 15.3 Å². The Balaban J connectivity index is 1.63. The molecule has 0 aliphatic carbocycles. The van der Waals surface area contributed by atoms with Crippen LogP contribution in [0.4, 0.5) is 5.95 Å². The van der Waals surface area contributed by atoms with E-state index < -0.39 is 0 Å². The van der Waals surface area contributed by atoms with Crippen LogP contribution in [0.5, 0.6) is 11.5 Å². The lowest BCUT2D eigenvalue weighted by molar-refractivity contribution is -0.117. The number of hydrogen-bond donors (Lipinski definition) is 2. The second-order valence-corrected chi connectivity index (χ2v) is 8.44. The topological polar surface area (TPSA) is 94.6 Å². The molecule has 1 amide bonds. The van der Waals surface area contributed by atoms with Gasteiger partial charge < -0.3 is 24.8 Å². The van der Waals surface area contributed by atoms with Crippen molar-refractivity contribution in [3.05, 3.63) is 53.2 Å². The molecule has 1 aromatic heterocycles. The third kappa shape index (κ3) is 4.89. The summed E-state index contributed by atoms with van der Waals surface area (Å²) in [5.41, 5.74) is 2.10. The third-order valence-corrected chi connectivity index (χ3v) is 6.38. The molecule has 10 heteroatoms. The minimum atomic E-state index is -0.225. The highest BCUT2D eigenvalue weighted by Crippen LogP contribution is 2.46. The lowest BCUT2D eigenvalue weighted by Crippen LogP contribution is -2.52. The molecule has 34 heavy (non-hydrogen) atoms. The Bertz CT molecular complexity index is 1210. The molecule has 1 fully saturated rings. The highest BCUT2D eigenvalue weighted by molar-refractivity contribution is 6.41. The van der Waals surface area contributed by atoms with Crippen molar-refractivity contribution in [3.63, 3.8) is 0 Å². The first-order valence-electron chi connectivity index (χ1n) is 10.6. The van der Waals surface area contributed by atoms with Crippen molar-refractivity contribution < 1.29 is 19.0 Å². The predicted octanol–water partition coefficient (Wildman–Crippen LogP) is 4.49. The fraction of sp³-hybridized carbons (Fsp3) is 0.292. The van der Waals surface area contributed by atoms with Crippen LogP contribution in [0.1, 0.15) is 6.42 Å². The van der Waals surface area contributed by atoms with E-state index in [1.165, 1.54) is 20.3 Å². The first-order chi connectivity index (χ1) is 16.4. The zero-order chi connectivity index (χ0) is 24.2. The Morgan fingerprint density at radius 1 is 1.18 bits per heavy atom. The van der Waals surface area contributed by atoms with Gasteiger partial charge in [0.15, 0.2) is 0 Å². The van der Waals surface area contributed by atoms with Gasteiger partial charge >= 0.3 is 0 Å². The van der Waals surface area contributed by atoms with E-state index in [0.29, 0.717) is 52.7 Å². The molecule has 4 rings (SSSR count). The van der Waals surface area contributed by atoms with Crippen LogP contribution < -0.4 is 20.1 Å². The SMILES string of the molecule is C=CC(=O)NC1CCOCC1Nc1ncc2cc(-c3c(Cl)c(OC)cc(OC)c3Cl)ccc2n1. The van der Waals surface area contributed by atoms with Crippen LogP contribution in [-0.4, -0.2) is 55.4 Å². The molecule has 2 atom stereocenters. The monoisotopic (exact) mass is 502 g/mol. The smallest absolute Gasteiger partial charge is 0.243 e. The number of carbonyl (C=O) groups is 1. The van der Waals surface area contributed by atoms with Gasteiger partial charge in [0.05, 0.1) is 48.5 Å². The van der Waals surface area contributed by atoms with Gasteiger partial charge in [0.1, 0.15) is 11.5 Å². The maximum Gasteiger partial charge on any atom is 0.243 e. The minimum absolute atomic E-state index is 0.117. The molecule has 2 aromatic carbocycles. The lowest BCUT2D eigenvalue weighted by Gasteiger charge is -2.32. The number of amides is 1. The molecule has 0 spiro atoms. The van der Waals surface area contributed by atoms with Crippen LogP contribution in [0.2, 0.25) is 10.0 Å². The molecule has 1 saturated heterocycles. The summed E-state index contributed by atoms with van der Waals surface area (Å²) in [7, 11) is 3.07. The van der Waals surface area contributed by atoms with E-state index in [1.807, 2.05) is 18.2 Å². The summed E-state index contributed by atoms with van der Waals surface area (Å²) in [6, 6.07) is 7.01. The number of carbonyl (C=O) groups excluding carboxylic acids is 1. The Labute approximate surface area is 207 Å². The molecule has 0 radical (unpaired) electrons. The van der Waals surface area contributed by atoms with Crippen molar-refractivity contribution in [3.8, 4) is 22.6 Å². The van der Waals surface area contributed by atoms with E-state index in [0.717, 1.165) is 16.5 Å². The van der Waals surface area contributed by atoms with Crippen molar-refractivity contribution in [1.29, 1.82) is 0 Å². The summed E-state index contributed by atoms with van der Waals surface area (Å²) in [5.74, 6) is 1.13. The maximum atomic E-state index is 11.8. The van der Waals surface area contributed by atoms with E-state index in [4.69, 9.17) is 37.4 Å². The largest absolute Gasteiger partial charge is 0.495 e.